The Labute approximate surface area is 85.6 Å². The van der Waals surface area contributed by atoms with Gasteiger partial charge >= 0.3 is 0 Å². The van der Waals surface area contributed by atoms with Gasteiger partial charge in [-0.2, -0.15) is 0 Å². The Bertz CT molecular complexity index is 346. The normalized spacial score (nSPS) is 12.4. The van der Waals surface area contributed by atoms with Crippen LogP contribution in [-0.2, 0) is 0 Å². The van der Waals surface area contributed by atoms with E-state index in [-0.39, 0.29) is 7.92 Å². The Hall–Kier alpha value is -1.20. The zero-order valence-corrected chi connectivity index (χ0v) is 8.99. The van der Waals surface area contributed by atoms with Gasteiger partial charge in [0.25, 0.3) is 0 Å². The molecule has 1 atom stereocenters. The van der Waals surface area contributed by atoms with E-state index in [1.807, 2.05) is 12.4 Å². The third-order valence-electron chi connectivity index (χ3n) is 2.19. The summed E-state index contributed by atoms with van der Waals surface area (Å²) in [7, 11) is -0.211. The number of rotatable bonds is 2. The van der Waals surface area contributed by atoms with Crippen LogP contribution in [0.15, 0.2) is 54.9 Å². The monoisotopic (exact) mass is 201 g/mol. The summed E-state index contributed by atoms with van der Waals surface area (Å²) in [4.78, 5) is 4.03. The molecule has 0 radical (unpaired) electrons. The molecule has 2 rings (SSSR count). The van der Waals surface area contributed by atoms with E-state index in [2.05, 4.69) is 54.1 Å². The second-order valence-electron chi connectivity index (χ2n) is 3.10. The average Bonchev–Trinajstić information content (AvgIpc) is 2.30. The van der Waals surface area contributed by atoms with Gasteiger partial charge in [0, 0.05) is 12.4 Å². The van der Waals surface area contributed by atoms with Crippen LogP contribution in [-0.4, -0.2) is 11.6 Å². The van der Waals surface area contributed by atoms with Crippen LogP contribution < -0.4 is 10.6 Å². The molecular formula is C12H12NP. The first-order chi connectivity index (χ1) is 6.88. The van der Waals surface area contributed by atoms with Crippen LogP contribution in [0.4, 0.5) is 0 Å². The molecule has 0 amide bonds. The highest BCUT2D eigenvalue weighted by Gasteiger charge is 2.05. The minimum Gasteiger partial charge on any atom is -0.265 e. The summed E-state index contributed by atoms with van der Waals surface area (Å²) >= 11 is 0. The van der Waals surface area contributed by atoms with Gasteiger partial charge in [-0.25, -0.2) is 0 Å². The standard InChI is InChI=1S/C12H12NP/c1-14(11-5-3-2-4-6-11)12-7-9-13-10-8-12/h2-10H,1H3. The molecule has 0 fully saturated rings. The molecule has 1 unspecified atom stereocenters. The van der Waals surface area contributed by atoms with E-state index >= 15 is 0 Å². The highest BCUT2D eigenvalue weighted by molar-refractivity contribution is 7.72. The quantitative estimate of drug-likeness (QED) is 0.678. The van der Waals surface area contributed by atoms with E-state index in [1.165, 1.54) is 10.6 Å². The summed E-state index contributed by atoms with van der Waals surface area (Å²) in [5.41, 5.74) is 0. The lowest BCUT2D eigenvalue weighted by atomic mass is 10.4. The van der Waals surface area contributed by atoms with Crippen LogP contribution in [0.25, 0.3) is 0 Å². The smallest absolute Gasteiger partial charge is 0.0274 e. The molecule has 2 heteroatoms. The summed E-state index contributed by atoms with van der Waals surface area (Å²) < 4.78 is 0. The summed E-state index contributed by atoms with van der Waals surface area (Å²) in [5, 5.41) is 2.79. The topological polar surface area (TPSA) is 12.9 Å². The first-order valence-electron chi connectivity index (χ1n) is 4.57. The molecule has 1 aromatic heterocycles. The molecule has 1 aromatic carbocycles. The second kappa shape index (κ2) is 4.34. The fourth-order valence-corrected chi connectivity index (χ4v) is 2.87. The van der Waals surface area contributed by atoms with Crippen molar-refractivity contribution < 1.29 is 0 Å². The van der Waals surface area contributed by atoms with E-state index in [1.54, 1.807) is 0 Å². The maximum atomic E-state index is 4.03. The van der Waals surface area contributed by atoms with E-state index < -0.39 is 0 Å². The van der Waals surface area contributed by atoms with E-state index in [0.29, 0.717) is 0 Å². The van der Waals surface area contributed by atoms with Gasteiger partial charge in [0.05, 0.1) is 0 Å². The largest absolute Gasteiger partial charge is 0.265 e. The van der Waals surface area contributed by atoms with Gasteiger partial charge in [0.1, 0.15) is 0 Å². The number of nitrogens with zero attached hydrogens (tertiary/aromatic N) is 1. The second-order valence-corrected chi connectivity index (χ2v) is 5.25. The van der Waals surface area contributed by atoms with Gasteiger partial charge in [-0.1, -0.05) is 30.3 Å². The molecule has 2 aromatic rings. The molecule has 0 saturated heterocycles. The Morgan fingerprint density at radius 3 is 2.07 bits per heavy atom. The Morgan fingerprint density at radius 2 is 1.43 bits per heavy atom. The predicted molar refractivity (Wildman–Crippen MR) is 62.8 cm³/mol. The van der Waals surface area contributed by atoms with Gasteiger partial charge in [-0.15, -0.1) is 0 Å². The maximum Gasteiger partial charge on any atom is 0.0274 e. The van der Waals surface area contributed by atoms with E-state index in [4.69, 9.17) is 0 Å². The summed E-state index contributed by atoms with van der Waals surface area (Å²) in [6, 6.07) is 14.8. The number of hydrogen-bond acceptors (Lipinski definition) is 1. The highest BCUT2D eigenvalue weighted by atomic mass is 31.1. The van der Waals surface area contributed by atoms with Gasteiger partial charge in [-0.05, 0) is 37.3 Å². The number of pyridine rings is 1. The van der Waals surface area contributed by atoms with Crippen molar-refractivity contribution in [2.45, 2.75) is 0 Å². The van der Waals surface area contributed by atoms with Crippen LogP contribution in [0.1, 0.15) is 0 Å². The number of benzene rings is 1. The molecule has 70 valence electrons. The molecule has 0 aliphatic carbocycles. The van der Waals surface area contributed by atoms with Crippen molar-refractivity contribution in [3.05, 3.63) is 54.9 Å². The minimum atomic E-state index is -0.211. The van der Waals surface area contributed by atoms with Crippen molar-refractivity contribution in [2.24, 2.45) is 0 Å². The highest BCUT2D eigenvalue weighted by Crippen LogP contribution is 2.27. The predicted octanol–water partition coefficient (Wildman–Crippen LogP) is 2.14. The van der Waals surface area contributed by atoms with Gasteiger partial charge < -0.3 is 0 Å². The van der Waals surface area contributed by atoms with Crippen LogP contribution in [0.5, 0.6) is 0 Å². The van der Waals surface area contributed by atoms with Crippen molar-refractivity contribution in [2.75, 3.05) is 6.66 Å². The number of hydrogen-bond donors (Lipinski definition) is 0. The lowest BCUT2D eigenvalue weighted by molar-refractivity contribution is 1.34. The van der Waals surface area contributed by atoms with Crippen LogP contribution in [0.2, 0.25) is 0 Å². The Kier molecular flexibility index (Phi) is 2.90. The van der Waals surface area contributed by atoms with Crippen molar-refractivity contribution in [1.29, 1.82) is 0 Å². The fourth-order valence-electron chi connectivity index (χ4n) is 1.37. The first kappa shape index (κ1) is 9.36. The molecule has 0 spiro atoms. The molecule has 0 N–H and O–H groups in total. The zero-order valence-electron chi connectivity index (χ0n) is 8.09. The minimum absolute atomic E-state index is 0.211. The van der Waals surface area contributed by atoms with Crippen molar-refractivity contribution in [1.82, 2.24) is 4.98 Å². The molecule has 0 bridgehead atoms. The van der Waals surface area contributed by atoms with Crippen molar-refractivity contribution in [3.8, 4) is 0 Å². The van der Waals surface area contributed by atoms with Crippen LogP contribution in [0.3, 0.4) is 0 Å². The molecular weight excluding hydrogens is 189 g/mol. The van der Waals surface area contributed by atoms with Crippen molar-refractivity contribution >= 4 is 18.5 Å². The third-order valence-corrected chi connectivity index (χ3v) is 4.34. The Balaban J connectivity index is 2.30. The van der Waals surface area contributed by atoms with Crippen LogP contribution in [0, 0.1) is 0 Å². The average molecular weight is 201 g/mol. The van der Waals surface area contributed by atoms with Crippen molar-refractivity contribution in [3.63, 3.8) is 0 Å². The van der Waals surface area contributed by atoms with Gasteiger partial charge in [-0.3, -0.25) is 4.98 Å². The molecule has 14 heavy (non-hydrogen) atoms. The summed E-state index contributed by atoms with van der Waals surface area (Å²) in [6.07, 6.45) is 3.72. The molecule has 0 aliphatic rings. The lowest BCUT2D eigenvalue weighted by Crippen LogP contribution is -2.09. The Morgan fingerprint density at radius 1 is 0.857 bits per heavy atom. The lowest BCUT2D eigenvalue weighted by Gasteiger charge is -2.11. The summed E-state index contributed by atoms with van der Waals surface area (Å²) in [6.45, 7) is 2.28. The molecule has 1 heterocycles. The maximum absolute atomic E-state index is 4.03. The molecule has 1 nitrogen and oxygen atoms in total. The van der Waals surface area contributed by atoms with Crippen LogP contribution >= 0.6 is 7.92 Å². The van der Waals surface area contributed by atoms with E-state index in [0.717, 1.165) is 0 Å². The zero-order chi connectivity index (χ0) is 9.80. The first-order valence-corrected chi connectivity index (χ1v) is 6.35. The SMILES string of the molecule is CP(c1ccccc1)c1ccncc1. The molecule has 0 saturated carbocycles. The number of aromatic nitrogens is 1. The fraction of sp³-hybridized carbons (Fsp3) is 0.0833. The van der Waals surface area contributed by atoms with Gasteiger partial charge in [0.2, 0.25) is 0 Å². The van der Waals surface area contributed by atoms with E-state index in [9.17, 15) is 0 Å². The van der Waals surface area contributed by atoms with Gasteiger partial charge in [0.15, 0.2) is 0 Å². The summed E-state index contributed by atoms with van der Waals surface area (Å²) in [5.74, 6) is 0. The molecule has 0 aliphatic heterocycles. The third kappa shape index (κ3) is 2.00.